The molecule has 0 saturated carbocycles. The standard InChI is InChI=1S/C15H24N2O2/c1-9-7-14(19-6)11(3)10(2)12(9)8-13(16)15(18)17(4)5/h7,13H,8,16H2,1-6H3. The van der Waals surface area contributed by atoms with Crippen molar-refractivity contribution in [3.05, 3.63) is 28.3 Å². The van der Waals surface area contributed by atoms with Gasteiger partial charge in [-0.3, -0.25) is 4.79 Å². The summed E-state index contributed by atoms with van der Waals surface area (Å²) in [5, 5.41) is 0. The first-order valence-electron chi connectivity index (χ1n) is 6.40. The van der Waals surface area contributed by atoms with Crippen LogP contribution in [0.5, 0.6) is 5.75 Å². The molecular formula is C15H24N2O2. The molecule has 0 aromatic heterocycles. The lowest BCUT2D eigenvalue weighted by Crippen LogP contribution is -2.41. The number of nitrogens with zero attached hydrogens (tertiary/aromatic N) is 1. The predicted molar refractivity (Wildman–Crippen MR) is 77.6 cm³/mol. The van der Waals surface area contributed by atoms with Gasteiger partial charge >= 0.3 is 0 Å². The fourth-order valence-corrected chi connectivity index (χ4v) is 2.26. The number of aryl methyl sites for hydroxylation is 1. The number of benzene rings is 1. The maximum atomic E-state index is 11.9. The smallest absolute Gasteiger partial charge is 0.239 e. The van der Waals surface area contributed by atoms with Crippen LogP contribution in [0.3, 0.4) is 0 Å². The summed E-state index contributed by atoms with van der Waals surface area (Å²) in [6.07, 6.45) is 0.555. The van der Waals surface area contributed by atoms with Gasteiger partial charge in [0.15, 0.2) is 0 Å². The second-order valence-electron chi connectivity index (χ2n) is 5.17. The number of carbonyl (C=O) groups excluding carboxylic acids is 1. The number of hydrogen-bond donors (Lipinski definition) is 1. The van der Waals surface area contributed by atoms with Crippen molar-refractivity contribution >= 4 is 5.91 Å². The van der Waals surface area contributed by atoms with Crippen LogP contribution in [0.4, 0.5) is 0 Å². The molecule has 1 unspecified atom stereocenters. The molecule has 4 heteroatoms. The van der Waals surface area contributed by atoms with E-state index >= 15 is 0 Å². The fourth-order valence-electron chi connectivity index (χ4n) is 2.26. The molecule has 4 nitrogen and oxygen atoms in total. The molecule has 1 aromatic carbocycles. The molecule has 1 aromatic rings. The maximum absolute atomic E-state index is 11.9. The number of amides is 1. The van der Waals surface area contributed by atoms with Gasteiger partial charge in [-0.25, -0.2) is 0 Å². The van der Waals surface area contributed by atoms with E-state index in [1.807, 2.05) is 26.8 Å². The van der Waals surface area contributed by atoms with Gasteiger partial charge in [-0.15, -0.1) is 0 Å². The van der Waals surface area contributed by atoms with Crippen molar-refractivity contribution in [2.24, 2.45) is 5.73 Å². The number of carbonyl (C=O) groups is 1. The van der Waals surface area contributed by atoms with Crippen LogP contribution in [0.15, 0.2) is 6.07 Å². The Hall–Kier alpha value is -1.55. The highest BCUT2D eigenvalue weighted by molar-refractivity contribution is 5.81. The van der Waals surface area contributed by atoms with Crippen LogP contribution in [0.25, 0.3) is 0 Å². The first kappa shape index (κ1) is 15.5. The summed E-state index contributed by atoms with van der Waals surface area (Å²) in [6, 6.07) is 1.50. The normalized spacial score (nSPS) is 12.2. The Kier molecular flexibility index (Phi) is 4.95. The average Bonchev–Trinajstić information content (AvgIpc) is 2.37. The van der Waals surface area contributed by atoms with E-state index in [-0.39, 0.29) is 5.91 Å². The van der Waals surface area contributed by atoms with Gasteiger partial charge in [0.1, 0.15) is 5.75 Å². The third-order valence-corrected chi connectivity index (χ3v) is 3.61. The monoisotopic (exact) mass is 264 g/mol. The van der Waals surface area contributed by atoms with E-state index in [1.165, 1.54) is 4.90 Å². The molecule has 0 bridgehead atoms. The number of likely N-dealkylation sites (N-methyl/N-ethyl adjacent to an activating group) is 1. The lowest BCUT2D eigenvalue weighted by Gasteiger charge is -2.20. The quantitative estimate of drug-likeness (QED) is 0.898. The largest absolute Gasteiger partial charge is 0.496 e. The zero-order chi connectivity index (χ0) is 14.7. The SMILES string of the molecule is COc1cc(C)c(CC(N)C(=O)N(C)C)c(C)c1C. The van der Waals surface area contributed by atoms with Gasteiger partial charge in [-0.05, 0) is 55.5 Å². The van der Waals surface area contributed by atoms with Gasteiger partial charge < -0.3 is 15.4 Å². The molecule has 0 fully saturated rings. The van der Waals surface area contributed by atoms with Crippen molar-refractivity contribution in [1.29, 1.82) is 0 Å². The molecule has 19 heavy (non-hydrogen) atoms. The maximum Gasteiger partial charge on any atom is 0.239 e. The Bertz CT molecular complexity index is 482. The van der Waals surface area contributed by atoms with Crippen LogP contribution >= 0.6 is 0 Å². The lowest BCUT2D eigenvalue weighted by atomic mass is 9.92. The van der Waals surface area contributed by atoms with Crippen LogP contribution < -0.4 is 10.5 Å². The number of methoxy groups -OCH3 is 1. The molecule has 0 heterocycles. The van der Waals surface area contributed by atoms with Gasteiger partial charge in [0.25, 0.3) is 0 Å². The average molecular weight is 264 g/mol. The van der Waals surface area contributed by atoms with E-state index in [2.05, 4.69) is 0 Å². The van der Waals surface area contributed by atoms with Crippen molar-refractivity contribution < 1.29 is 9.53 Å². The highest BCUT2D eigenvalue weighted by atomic mass is 16.5. The van der Waals surface area contributed by atoms with E-state index in [4.69, 9.17) is 10.5 Å². The van der Waals surface area contributed by atoms with E-state index < -0.39 is 6.04 Å². The van der Waals surface area contributed by atoms with Gasteiger partial charge in [-0.2, -0.15) is 0 Å². The fraction of sp³-hybridized carbons (Fsp3) is 0.533. The Morgan fingerprint density at radius 1 is 1.32 bits per heavy atom. The summed E-state index contributed by atoms with van der Waals surface area (Å²) in [7, 11) is 5.12. The zero-order valence-electron chi connectivity index (χ0n) is 12.7. The van der Waals surface area contributed by atoms with Crippen molar-refractivity contribution in [2.75, 3.05) is 21.2 Å². The first-order valence-corrected chi connectivity index (χ1v) is 6.40. The summed E-state index contributed by atoms with van der Waals surface area (Å²) >= 11 is 0. The Morgan fingerprint density at radius 2 is 1.89 bits per heavy atom. The summed E-state index contributed by atoms with van der Waals surface area (Å²) in [5.41, 5.74) is 10.5. The summed E-state index contributed by atoms with van der Waals surface area (Å²) in [4.78, 5) is 13.4. The third kappa shape index (κ3) is 3.26. The van der Waals surface area contributed by atoms with Crippen molar-refractivity contribution in [2.45, 2.75) is 33.2 Å². The first-order chi connectivity index (χ1) is 8.79. The van der Waals surface area contributed by atoms with Crippen LogP contribution in [0.1, 0.15) is 22.3 Å². The summed E-state index contributed by atoms with van der Waals surface area (Å²) in [5.74, 6) is 0.832. The van der Waals surface area contributed by atoms with E-state index in [0.717, 1.165) is 28.0 Å². The Labute approximate surface area is 115 Å². The molecule has 2 N–H and O–H groups in total. The molecule has 0 spiro atoms. The molecule has 1 atom stereocenters. The van der Waals surface area contributed by atoms with E-state index in [9.17, 15) is 4.79 Å². The molecule has 0 aliphatic carbocycles. The molecule has 0 aliphatic rings. The van der Waals surface area contributed by atoms with Gasteiger partial charge in [0.05, 0.1) is 13.2 Å². The highest BCUT2D eigenvalue weighted by Gasteiger charge is 2.19. The molecular weight excluding hydrogens is 240 g/mol. The number of nitrogens with two attached hydrogens (primary N) is 1. The highest BCUT2D eigenvalue weighted by Crippen LogP contribution is 2.28. The van der Waals surface area contributed by atoms with Gasteiger partial charge in [0, 0.05) is 14.1 Å². The van der Waals surface area contributed by atoms with Crippen molar-refractivity contribution in [3.63, 3.8) is 0 Å². The lowest BCUT2D eigenvalue weighted by molar-refractivity contribution is -0.130. The number of ether oxygens (including phenoxy) is 1. The van der Waals surface area contributed by atoms with Crippen molar-refractivity contribution in [3.8, 4) is 5.75 Å². The van der Waals surface area contributed by atoms with Crippen LogP contribution in [-0.2, 0) is 11.2 Å². The molecule has 0 radical (unpaired) electrons. The minimum atomic E-state index is -0.500. The summed E-state index contributed by atoms with van der Waals surface area (Å²) < 4.78 is 5.35. The minimum absolute atomic E-state index is 0.0488. The molecule has 0 aliphatic heterocycles. The predicted octanol–water partition coefficient (Wildman–Crippen LogP) is 1.58. The van der Waals surface area contributed by atoms with Crippen LogP contribution in [0.2, 0.25) is 0 Å². The van der Waals surface area contributed by atoms with Crippen molar-refractivity contribution in [1.82, 2.24) is 4.90 Å². The third-order valence-electron chi connectivity index (χ3n) is 3.61. The van der Waals surface area contributed by atoms with E-state index in [0.29, 0.717) is 6.42 Å². The Morgan fingerprint density at radius 3 is 2.37 bits per heavy atom. The van der Waals surface area contributed by atoms with Gasteiger partial charge in [0.2, 0.25) is 5.91 Å². The second-order valence-corrected chi connectivity index (χ2v) is 5.17. The number of hydrogen-bond acceptors (Lipinski definition) is 3. The minimum Gasteiger partial charge on any atom is -0.496 e. The van der Waals surface area contributed by atoms with Crippen LogP contribution in [0, 0.1) is 20.8 Å². The molecule has 0 saturated heterocycles. The second kappa shape index (κ2) is 6.06. The van der Waals surface area contributed by atoms with Gasteiger partial charge in [-0.1, -0.05) is 0 Å². The van der Waals surface area contributed by atoms with Crippen LogP contribution in [-0.4, -0.2) is 38.1 Å². The summed E-state index contributed by atoms with van der Waals surface area (Å²) in [6.45, 7) is 6.10. The van der Waals surface area contributed by atoms with E-state index in [1.54, 1.807) is 21.2 Å². The Balaban J connectivity index is 3.09. The molecule has 1 amide bonds. The molecule has 1 rings (SSSR count). The zero-order valence-corrected chi connectivity index (χ0v) is 12.7. The number of rotatable bonds is 4. The topological polar surface area (TPSA) is 55.6 Å². The molecule has 106 valence electrons.